The lowest BCUT2D eigenvalue weighted by Gasteiger charge is -2.17. The quantitative estimate of drug-likeness (QED) is 0.400. The molecule has 0 saturated heterocycles. The highest BCUT2D eigenvalue weighted by Gasteiger charge is 2.37. The molecule has 0 aromatic heterocycles. The van der Waals surface area contributed by atoms with Crippen LogP contribution in [0.3, 0.4) is 0 Å². The molecule has 0 radical (unpaired) electrons. The second-order valence-electron chi connectivity index (χ2n) is 3.79. The summed E-state index contributed by atoms with van der Waals surface area (Å²) in [6.07, 6.45) is 4.68. The van der Waals surface area contributed by atoms with Crippen LogP contribution in [0.2, 0.25) is 0 Å². The molecular weight excluding hydrogens is 196 g/mol. The van der Waals surface area contributed by atoms with E-state index in [-0.39, 0.29) is 5.92 Å². The van der Waals surface area contributed by atoms with Crippen LogP contribution in [0.5, 0.6) is 0 Å². The third-order valence-electron chi connectivity index (χ3n) is 2.67. The molecule has 0 unspecified atom stereocenters. The van der Waals surface area contributed by atoms with E-state index in [0.29, 0.717) is 5.92 Å². The molecular formula is C11H16O4. The first-order valence-electron chi connectivity index (χ1n) is 4.94. The summed E-state index contributed by atoms with van der Waals surface area (Å²) in [5, 5.41) is 0. The molecule has 0 bridgehead atoms. The molecule has 1 aliphatic rings. The normalized spacial score (nSPS) is 24.3. The van der Waals surface area contributed by atoms with E-state index in [0.717, 1.165) is 6.42 Å². The number of carbonyl (C=O) groups is 2. The minimum absolute atomic E-state index is 0.0973. The third kappa shape index (κ3) is 2.58. The van der Waals surface area contributed by atoms with E-state index >= 15 is 0 Å². The van der Waals surface area contributed by atoms with Crippen LogP contribution in [-0.4, -0.2) is 26.2 Å². The van der Waals surface area contributed by atoms with Crippen LogP contribution < -0.4 is 0 Å². The van der Waals surface area contributed by atoms with Gasteiger partial charge in [-0.15, -0.1) is 0 Å². The first-order chi connectivity index (χ1) is 7.10. The Morgan fingerprint density at radius 1 is 1.20 bits per heavy atom. The monoisotopic (exact) mass is 212 g/mol. The molecule has 0 heterocycles. The highest BCUT2D eigenvalue weighted by molar-refractivity contribution is 5.95. The topological polar surface area (TPSA) is 52.6 Å². The molecule has 0 saturated carbocycles. The molecule has 15 heavy (non-hydrogen) atoms. The number of hydrogen-bond acceptors (Lipinski definition) is 4. The minimum atomic E-state index is -0.818. The van der Waals surface area contributed by atoms with Crippen LogP contribution in [0.15, 0.2) is 12.2 Å². The summed E-state index contributed by atoms with van der Waals surface area (Å²) >= 11 is 0. The Labute approximate surface area is 89.2 Å². The van der Waals surface area contributed by atoms with Gasteiger partial charge in [-0.05, 0) is 12.3 Å². The maximum absolute atomic E-state index is 11.4. The molecule has 0 aromatic carbocycles. The summed E-state index contributed by atoms with van der Waals surface area (Å²) < 4.78 is 9.22. The fraction of sp³-hybridized carbons (Fsp3) is 0.636. The Bertz CT molecular complexity index is 266. The van der Waals surface area contributed by atoms with Gasteiger partial charge in [0.15, 0.2) is 5.92 Å². The Hall–Kier alpha value is -1.32. The summed E-state index contributed by atoms with van der Waals surface area (Å²) in [5.74, 6) is -1.57. The Morgan fingerprint density at radius 2 is 1.73 bits per heavy atom. The van der Waals surface area contributed by atoms with Crippen LogP contribution in [0.4, 0.5) is 0 Å². The smallest absolute Gasteiger partial charge is 0.320 e. The van der Waals surface area contributed by atoms with Crippen LogP contribution >= 0.6 is 0 Å². The summed E-state index contributed by atoms with van der Waals surface area (Å²) in [6.45, 7) is 2.04. The van der Waals surface area contributed by atoms with Gasteiger partial charge in [-0.25, -0.2) is 0 Å². The highest BCUT2D eigenvalue weighted by Crippen LogP contribution is 2.30. The van der Waals surface area contributed by atoms with Crippen molar-refractivity contribution in [2.45, 2.75) is 13.3 Å². The number of rotatable bonds is 3. The van der Waals surface area contributed by atoms with Crippen LogP contribution in [-0.2, 0) is 19.1 Å². The van der Waals surface area contributed by atoms with E-state index in [1.165, 1.54) is 14.2 Å². The van der Waals surface area contributed by atoms with Gasteiger partial charge in [-0.2, -0.15) is 0 Å². The van der Waals surface area contributed by atoms with Gasteiger partial charge in [-0.3, -0.25) is 9.59 Å². The first-order valence-corrected chi connectivity index (χ1v) is 4.94. The van der Waals surface area contributed by atoms with Gasteiger partial charge in [0.05, 0.1) is 14.2 Å². The van der Waals surface area contributed by atoms with Crippen molar-refractivity contribution in [3.8, 4) is 0 Å². The predicted octanol–water partition coefficient (Wildman–Crippen LogP) is 1.16. The van der Waals surface area contributed by atoms with E-state index in [2.05, 4.69) is 9.47 Å². The van der Waals surface area contributed by atoms with Gasteiger partial charge >= 0.3 is 11.9 Å². The van der Waals surface area contributed by atoms with E-state index in [1.807, 2.05) is 19.1 Å². The van der Waals surface area contributed by atoms with Gasteiger partial charge in [0.1, 0.15) is 0 Å². The molecule has 0 fully saturated rings. The number of allylic oxidation sites excluding steroid dienone is 2. The van der Waals surface area contributed by atoms with Gasteiger partial charge in [0.25, 0.3) is 0 Å². The lowest BCUT2D eigenvalue weighted by atomic mass is 9.90. The SMILES string of the molecule is COC(=O)C(C(=O)OC)[C@@H]1C=C[C@@H](C)C1. The number of hydrogen-bond donors (Lipinski definition) is 0. The van der Waals surface area contributed by atoms with Crippen molar-refractivity contribution in [1.82, 2.24) is 0 Å². The molecule has 0 amide bonds. The third-order valence-corrected chi connectivity index (χ3v) is 2.67. The van der Waals surface area contributed by atoms with Crippen LogP contribution in [0, 0.1) is 17.8 Å². The molecule has 0 N–H and O–H groups in total. The van der Waals surface area contributed by atoms with Gasteiger partial charge < -0.3 is 9.47 Å². The zero-order chi connectivity index (χ0) is 11.4. The van der Waals surface area contributed by atoms with E-state index in [4.69, 9.17) is 0 Å². The maximum atomic E-state index is 11.4. The Balaban J connectivity index is 2.77. The molecule has 4 heteroatoms. The van der Waals surface area contributed by atoms with Crippen molar-refractivity contribution in [1.29, 1.82) is 0 Å². The molecule has 0 aromatic rings. The zero-order valence-electron chi connectivity index (χ0n) is 9.23. The van der Waals surface area contributed by atoms with Gasteiger partial charge in [-0.1, -0.05) is 19.1 Å². The molecule has 1 rings (SSSR count). The molecule has 0 aliphatic heterocycles. The van der Waals surface area contributed by atoms with Crippen molar-refractivity contribution in [3.05, 3.63) is 12.2 Å². The Morgan fingerprint density at radius 3 is 2.07 bits per heavy atom. The van der Waals surface area contributed by atoms with Crippen molar-refractivity contribution < 1.29 is 19.1 Å². The van der Waals surface area contributed by atoms with Crippen molar-refractivity contribution in [2.75, 3.05) is 14.2 Å². The van der Waals surface area contributed by atoms with Crippen molar-refractivity contribution >= 4 is 11.9 Å². The second kappa shape index (κ2) is 4.96. The number of methoxy groups -OCH3 is 2. The second-order valence-corrected chi connectivity index (χ2v) is 3.79. The molecule has 84 valence electrons. The summed E-state index contributed by atoms with van der Waals surface area (Å²) in [5.41, 5.74) is 0. The summed E-state index contributed by atoms with van der Waals surface area (Å²) in [4.78, 5) is 22.9. The molecule has 0 spiro atoms. The molecule has 1 aliphatic carbocycles. The largest absolute Gasteiger partial charge is 0.468 e. The van der Waals surface area contributed by atoms with Crippen LogP contribution in [0.1, 0.15) is 13.3 Å². The zero-order valence-corrected chi connectivity index (χ0v) is 9.23. The average Bonchev–Trinajstić information content (AvgIpc) is 2.64. The van der Waals surface area contributed by atoms with Gasteiger partial charge in [0, 0.05) is 5.92 Å². The Kier molecular flexibility index (Phi) is 3.88. The standard InChI is InChI=1S/C11H16O4/c1-7-4-5-8(6-7)9(10(12)14-2)11(13)15-3/h4-5,7-9H,6H2,1-3H3/t7-,8-/m1/s1. The predicted molar refractivity (Wildman–Crippen MR) is 53.9 cm³/mol. The lowest BCUT2D eigenvalue weighted by Crippen LogP contribution is -2.32. The fourth-order valence-electron chi connectivity index (χ4n) is 1.87. The van der Waals surface area contributed by atoms with Crippen molar-refractivity contribution in [3.63, 3.8) is 0 Å². The van der Waals surface area contributed by atoms with Gasteiger partial charge in [0.2, 0.25) is 0 Å². The number of esters is 2. The summed E-state index contributed by atoms with van der Waals surface area (Å²) in [7, 11) is 2.56. The average molecular weight is 212 g/mol. The van der Waals surface area contributed by atoms with Crippen molar-refractivity contribution in [2.24, 2.45) is 17.8 Å². The number of carbonyl (C=O) groups excluding carboxylic acids is 2. The highest BCUT2D eigenvalue weighted by atomic mass is 16.5. The lowest BCUT2D eigenvalue weighted by molar-refractivity contribution is -0.160. The number of ether oxygens (including phenoxy) is 2. The van der Waals surface area contributed by atoms with E-state index in [9.17, 15) is 9.59 Å². The van der Waals surface area contributed by atoms with E-state index < -0.39 is 17.9 Å². The maximum Gasteiger partial charge on any atom is 0.320 e. The first kappa shape index (κ1) is 11.8. The fourth-order valence-corrected chi connectivity index (χ4v) is 1.87. The van der Waals surface area contributed by atoms with Crippen LogP contribution in [0.25, 0.3) is 0 Å². The molecule has 4 nitrogen and oxygen atoms in total. The molecule has 2 atom stereocenters. The minimum Gasteiger partial charge on any atom is -0.468 e. The summed E-state index contributed by atoms with van der Waals surface area (Å²) in [6, 6.07) is 0. The van der Waals surface area contributed by atoms with E-state index in [1.54, 1.807) is 0 Å².